The van der Waals surface area contributed by atoms with Crippen LogP contribution in [0.2, 0.25) is 0 Å². The van der Waals surface area contributed by atoms with Gasteiger partial charge in [-0.3, -0.25) is 9.59 Å². The number of carbonyl (C=O) groups excluding carboxylic acids is 2. The first-order valence-electron chi connectivity index (χ1n) is 6.31. The Morgan fingerprint density at radius 1 is 1.28 bits per heavy atom. The molecule has 5 nitrogen and oxygen atoms in total. The van der Waals surface area contributed by atoms with Crippen molar-refractivity contribution in [2.45, 2.75) is 26.7 Å². The van der Waals surface area contributed by atoms with Crippen molar-refractivity contribution >= 4 is 12.2 Å². The van der Waals surface area contributed by atoms with Gasteiger partial charge in [-0.05, 0) is 12.3 Å². The molecule has 105 valence electrons. The maximum Gasteiger partial charge on any atom is 0.220 e. The van der Waals surface area contributed by atoms with Crippen LogP contribution >= 0.6 is 0 Å². The Hall–Kier alpha value is -0.940. The second-order valence-electron chi connectivity index (χ2n) is 4.60. The first-order chi connectivity index (χ1) is 8.60. The molecule has 1 radical (unpaired) electrons. The number of carbonyl (C=O) groups is 1. The second kappa shape index (κ2) is 11.2. The van der Waals surface area contributed by atoms with Crippen LogP contribution in [0.1, 0.15) is 26.7 Å². The van der Waals surface area contributed by atoms with Gasteiger partial charge in [0.15, 0.2) is 0 Å². The van der Waals surface area contributed by atoms with Crippen molar-refractivity contribution in [3.05, 3.63) is 0 Å². The van der Waals surface area contributed by atoms with Crippen LogP contribution < -0.4 is 5.32 Å². The normalized spacial score (nSPS) is 12.4. The Morgan fingerprint density at radius 3 is 2.56 bits per heavy atom. The van der Waals surface area contributed by atoms with Crippen molar-refractivity contribution < 1.29 is 19.1 Å². The average molecular weight is 258 g/mol. The average Bonchev–Trinajstić information content (AvgIpc) is 2.32. The Balaban J connectivity index is 3.59. The molecule has 0 aromatic rings. The summed E-state index contributed by atoms with van der Waals surface area (Å²) < 4.78 is 10.0. The van der Waals surface area contributed by atoms with Gasteiger partial charge in [-0.2, -0.15) is 0 Å². The zero-order valence-electron chi connectivity index (χ0n) is 11.5. The standard InChI is InChI=1S/C13H24NO4/c1-11(2)8-12(10-15)9-13(16)14-4-5-18-7-6-17-3/h11-12H,4-9H2,1-3H3,(H,14,16). The van der Waals surface area contributed by atoms with Gasteiger partial charge in [0.2, 0.25) is 12.2 Å². The van der Waals surface area contributed by atoms with Gasteiger partial charge in [-0.1, -0.05) is 13.8 Å². The lowest BCUT2D eigenvalue weighted by molar-refractivity contribution is -0.121. The maximum absolute atomic E-state index is 11.5. The van der Waals surface area contributed by atoms with Crippen LogP contribution in [0.4, 0.5) is 0 Å². The molecule has 1 N–H and O–H groups in total. The summed E-state index contributed by atoms with van der Waals surface area (Å²) in [5.74, 6) is -0.0413. The largest absolute Gasteiger partial charge is 0.382 e. The summed E-state index contributed by atoms with van der Waals surface area (Å²) in [7, 11) is 1.61. The monoisotopic (exact) mass is 258 g/mol. The van der Waals surface area contributed by atoms with Crippen molar-refractivity contribution in [1.82, 2.24) is 5.32 Å². The molecule has 0 saturated carbocycles. The van der Waals surface area contributed by atoms with Crippen LogP contribution in [0.5, 0.6) is 0 Å². The third-order valence-corrected chi connectivity index (χ3v) is 2.35. The highest BCUT2D eigenvalue weighted by Gasteiger charge is 2.15. The molecule has 1 atom stereocenters. The molecule has 0 saturated heterocycles. The van der Waals surface area contributed by atoms with E-state index in [0.717, 1.165) is 0 Å². The van der Waals surface area contributed by atoms with Gasteiger partial charge in [-0.15, -0.1) is 0 Å². The summed E-state index contributed by atoms with van der Waals surface area (Å²) in [6.07, 6.45) is 2.83. The van der Waals surface area contributed by atoms with E-state index in [2.05, 4.69) is 5.32 Å². The summed E-state index contributed by atoms with van der Waals surface area (Å²) >= 11 is 0. The number of ether oxygens (including phenoxy) is 2. The fraction of sp³-hybridized carbons (Fsp3) is 0.846. The van der Waals surface area contributed by atoms with E-state index >= 15 is 0 Å². The van der Waals surface area contributed by atoms with E-state index in [1.807, 2.05) is 20.1 Å². The van der Waals surface area contributed by atoms with Crippen LogP contribution in [-0.4, -0.2) is 45.7 Å². The van der Waals surface area contributed by atoms with Crippen LogP contribution in [-0.2, 0) is 19.1 Å². The minimum absolute atomic E-state index is 0.126. The van der Waals surface area contributed by atoms with Gasteiger partial charge in [0.25, 0.3) is 0 Å². The third-order valence-electron chi connectivity index (χ3n) is 2.35. The Bertz CT molecular complexity index is 231. The van der Waals surface area contributed by atoms with Crippen molar-refractivity contribution in [2.24, 2.45) is 11.8 Å². The predicted molar refractivity (Wildman–Crippen MR) is 69.0 cm³/mol. The van der Waals surface area contributed by atoms with E-state index in [1.54, 1.807) is 7.11 Å². The van der Waals surface area contributed by atoms with Gasteiger partial charge in [0.05, 0.1) is 19.8 Å². The number of nitrogens with one attached hydrogen (secondary N) is 1. The SMILES string of the molecule is COCCOCCNC(=O)CC([C]=O)CC(C)C. The van der Waals surface area contributed by atoms with Gasteiger partial charge in [0.1, 0.15) is 0 Å². The van der Waals surface area contributed by atoms with E-state index in [1.165, 1.54) is 0 Å². The smallest absolute Gasteiger partial charge is 0.220 e. The van der Waals surface area contributed by atoms with Gasteiger partial charge in [0, 0.05) is 26.0 Å². The molecule has 1 unspecified atom stereocenters. The minimum Gasteiger partial charge on any atom is -0.382 e. The topological polar surface area (TPSA) is 64.6 Å². The van der Waals surface area contributed by atoms with Crippen molar-refractivity contribution in [3.8, 4) is 0 Å². The van der Waals surface area contributed by atoms with Crippen LogP contribution in [0.3, 0.4) is 0 Å². The van der Waals surface area contributed by atoms with E-state index in [4.69, 9.17) is 9.47 Å². The molecule has 0 aliphatic heterocycles. The molecule has 0 aromatic heterocycles. The summed E-state index contributed by atoms with van der Waals surface area (Å²) in [6, 6.07) is 0. The highest BCUT2D eigenvalue weighted by atomic mass is 16.5. The third kappa shape index (κ3) is 10.2. The lowest BCUT2D eigenvalue weighted by Crippen LogP contribution is -2.29. The molecule has 0 rings (SSSR count). The van der Waals surface area contributed by atoms with E-state index in [-0.39, 0.29) is 18.2 Å². The maximum atomic E-state index is 11.5. The zero-order chi connectivity index (χ0) is 13.8. The number of rotatable bonds is 11. The molecule has 5 heteroatoms. The van der Waals surface area contributed by atoms with Crippen molar-refractivity contribution in [2.75, 3.05) is 33.5 Å². The molecule has 0 bridgehead atoms. The number of hydrogen-bond donors (Lipinski definition) is 1. The van der Waals surface area contributed by atoms with Crippen molar-refractivity contribution in [3.63, 3.8) is 0 Å². The lowest BCUT2D eigenvalue weighted by atomic mass is 9.95. The predicted octanol–water partition coefficient (Wildman–Crippen LogP) is 0.928. The first kappa shape index (κ1) is 17.1. The van der Waals surface area contributed by atoms with Crippen molar-refractivity contribution in [1.29, 1.82) is 0 Å². The summed E-state index contributed by atoms with van der Waals surface area (Å²) in [6.45, 7) is 6.01. The zero-order valence-corrected chi connectivity index (χ0v) is 11.5. The number of amides is 1. The van der Waals surface area contributed by atoms with E-state index in [9.17, 15) is 9.59 Å². The fourth-order valence-electron chi connectivity index (χ4n) is 1.55. The fourth-order valence-corrected chi connectivity index (χ4v) is 1.55. The van der Waals surface area contributed by atoms with E-state index in [0.29, 0.717) is 38.7 Å². The summed E-state index contributed by atoms with van der Waals surface area (Å²) in [5.41, 5.74) is 0. The molecule has 0 aliphatic rings. The molecular weight excluding hydrogens is 234 g/mol. The molecule has 0 spiro atoms. The van der Waals surface area contributed by atoms with Gasteiger partial charge in [-0.25, -0.2) is 0 Å². The van der Waals surface area contributed by atoms with E-state index < -0.39 is 0 Å². The van der Waals surface area contributed by atoms with Crippen LogP contribution in [0, 0.1) is 11.8 Å². The molecule has 0 heterocycles. The number of methoxy groups -OCH3 is 1. The van der Waals surface area contributed by atoms with Crippen LogP contribution in [0.15, 0.2) is 0 Å². The Kier molecular flexibility index (Phi) is 10.6. The number of hydrogen-bond acceptors (Lipinski definition) is 4. The quantitative estimate of drug-likeness (QED) is 0.560. The van der Waals surface area contributed by atoms with Gasteiger partial charge >= 0.3 is 0 Å². The minimum atomic E-state index is -0.306. The lowest BCUT2D eigenvalue weighted by Gasteiger charge is -2.12. The summed E-state index contributed by atoms with van der Waals surface area (Å²) in [5, 5.41) is 2.71. The Labute approximate surface area is 109 Å². The Morgan fingerprint density at radius 2 is 2.00 bits per heavy atom. The highest BCUT2D eigenvalue weighted by Crippen LogP contribution is 2.12. The molecule has 0 fully saturated rings. The molecule has 1 amide bonds. The highest BCUT2D eigenvalue weighted by molar-refractivity contribution is 5.79. The molecular formula is C13H24NO4. The summed E-state index contributed by atoms with van der Waals surface area (Å²) in [4.78, 5) is 22.2. The van der Waals surface area contributed by atoms with Crippen LogP contribution in [0.25, 0.3) is 0 Å². The second-order valence-corrected chi connectivity index (χ2v) is 4.60. The molecule has 18 heavy (non-hydrogen) atoms. The molecule has 0 aliphatic carbocycles. The molecule has 0 aromatic carbocycles. The first-order valence-corrected chi connectivity index (χ1v) is 6.31. The van der Waals surface area contributed by atoms with Gasteiger partial charge < -0.3 is 14.8 Å².